The van der Waals surface area contributed by atoms with Crippen LogP contribution in [0.3, 0.4) is 0 Å². The minimum atomic E-state index is -1.81. The van der Waals surface area contributed by atoms with E-state index in [0.717, 1.165) is 5.56 Å². The Bertz CT molecular complexity index is 242. The highest BCUT2D eigenvalue weighted by molar-refractivity contribution is 6.32. The molecular formula is C8H12BNO3. The Kier molecular flexibility index (Phi) is 3.91. The number of benzene rings is 1. The Morgan fingerprint density at radius 1 is 1.31 bits per heavy atom. The molecule has 1 aromatic carbocycles. The van der Waals surface area contributed by atoms with E-state index in [9.17, 15) is 0 Å². The number of hydrogen-bond donors (Lipinski definition) is 3. The van der Waals surface area contributed by atoms with Crippen LogP contribution in [0.15, 0.2) is 30.3 Å². The summed E-state index contributed by atoms with van der Waals surface area (Å²) in [4.78, 5) is 0. The van der Waals surface area contributed by atoms with Crippen molar-refractivity contribution < 1.29 is 14.7 Å². The van der Waals surface area contributed by atoms with E-state index in [2.05, 4.69) is 4.65 Å². The predicted molar refractivity (Wildman–Crippen MR) is 49.4 cm³/mol. The average molecular weight is 181 g/mol. The van der Waals surface area contributed by atoms with Crippen molar-refractivity contribution in [3.63, 3.8) is 0 Å². The highest BCUT2D eigenvalue weighted by atomic mass is 16.6. The zero-order valence-electron chi connectivity index (χ0n) is 7.13. The van der Waals surface area contributed by atoms with Crippen LogP contribution in [0.5, 0.6) is 0 Å². The molecule has 13 heavy (non-hydrogen) atoms. The first kappa shape index (κ1) is 10.2. The fraction of sp³-hybridized carbons (Fsp3) is 0.250. The summed E-state index contributed by atoms with van der Waals surface area (Å²) in [5.41, 5.74) is 6.46. The van der Waals surface area contributed by atoms with Crippen LogP contribution in [0.25, 0.3) is 0 Å². The smallest absolute Gasteiger partial charge is 0.402 e. The van der Waals surface area contributed by atoms with Gasteiger partial charge in [0.2, 0.25) is 0 Å². The molecule has 0 amide bonds. The van der Waals surface area contributed by atoms with E-state index < -0.39 is 13.5 Å². The molecule has 0 saturated heterocycles. The Labute approximate surface area is 77.1 Å². The molecule has 0 saturated carbocycles. The Hall–Kier alpha value is -0.875. The van der Waals surface area contributed by atoms with Gasteiger partial charge in [0.1, 0.15) is 0 Å². The molecule has 0 bridgehead atoms. The molecular weight excluding hydrogens is 169 g/mol. The van der Waals surface area contributed by atoms with Gasteiger partial charge < -0.3 is 20.4 Å². The summed E-state index contributed by atoms with van der Waals surface area (Å²) in [6.45, 7) is 0. The largest absolute Gasteiger partial charge is 0.635 e. The highest BCUT2D eigenvalue weighted by Crippen LogP contribution is 2.02. The molecule has 1 atom stereocenters. The third-order valence-corrected chi connectivity index (χ3v) is 1.58. The zero-order valence-corrected chi connectivity index (χ0v) is 7.13. The summed E-state index contributed by atoms with van der Waals surface area (Å²) in [5, 5.41) is 16.9. The van der Waals surface area contributed by atoms with Crippen LogP contribution in [-0.4, -0.2) is 23.6 Å². The van der Waals surface area contributed by atoms with Gasteiger partial charge in [-0.3, -0.25) is 0 Å². The number of rotatable bonds is 4. The second-order valence-electron chi connectivity index (χ2n) is 2.69. The van der Waals surface area contributed by atoms with Gasteiger partial charge in [0.15, 0.2) is 0 Å². The van der Waals surface area contributed by atoms with E-state index in [1.807, 2.05) is 30.3 Å². The molecule has 0 aromatic heterocycles. The van der Waals surface area contributed by atoms with Gasteiger partial charge in [-0.2, -0.15) is 0 Å². The molecule has 4 nitrogen and oxygen atoms in total. The van der Waals surface area contributed by atoms with Crippen LogP contribution in [0.1, 0.15) is 5.56 Å². The van der Waals surface area contributed by atoms with E-state index >= 15 is 0 Å². The van der Waals surface area contributed by atoms with Crippen molar-refractivity contribution in [1.29, 1.82) is 0 Å². The third kappa shape index (κ3) is 4.05. The van der Waals surface area contributed by atoms with Gasteiger partial charge in [-0.25, -0.2) is 0 Å². The standard InChI is InChI=1S/C8H12BNO3/c10-8(13-9(11)12)6-7-4-2-1-3-5-7/h1-5,8,11-12H,6,10H2. The maximum atomic E-state index is 8.45. The van der Waals surface area contributed by atoms with Gasteiger partial charge in [-0.1, -0.05) is 30.3 Å². The zero-order chi connectivity index (χ0) is 9.68. The van der Waals surface area contributed by atoms with Gasteiger partial charge in [0.05, 0.1) is 6.23 Å². The van der Waals surface area contributed by atoms with Gasteiger partial charge >= 0.3 is 7.32 Å². The Balaban J connectivity index is 2.41. The minimum absolute atomic E-state index is 0.457. The van der Waals surface area contributed by atoms with Gasteiger partial charge in [-0.15, -0.1) is 0 Å². The number of hydrogen-bond acceptors (Lipinski definition) is 4. The van der Waals surface area contributed by atoms with Crippen LogP contribution in [0.4, 0.5) is 0 Å². The van der Waals surface area contributed by atoms with Crippen LogP contribution in [0.2, 0.25) is 0 Å². The second kappa shape index (κ2) is 4.99. The first-order chi connectivity index (χ1) is 6.18. The molecule has 1 rings (SSSR count). The molecule has 5 heteroatoms. The predicted octanol–water partition coefficient (Wildman–Crippen LogP) is -0.500. The van der Waals surface area contributed by atoms with Crippen LogP contribution in [-0.2, 0) is 11.1 Å². The SMILES string of the molecule is NC(Cc1ccccc1)OB(O)O. The molecule has 0 spiro atoms. The molecule has 0 radical (unpaired) electrons. The molecule has 0 aliphatic heterocycles. The van der Waals surface area contributed by atoms with E-state index in [1.54, 1.807) is 0 Å². The quantitative estimate of drug-likeness (QED) is 0.432. The van der Waals surface area contributed by atoms with Crippen molar-refractivity contribution in [3.05, 3.63) is 35.9 Å². The van der Waals surface area contributed by atoms with E-state index in [4.69, 9.17) is 15.8 Å². The van der Waals surface area contributed by atoms with E-state index in [1.165, 1.54) is 0 Å². The second-order valence-corrected chi connectivity index (χ2v) is 2.69. The van der Waals surface area contributed by atoms with Crippen LogP contribution >= 0.6 is 0 Å². The molecule has 0 aliphatic rings. The fourth-order valence-electron chi connectivity index (χ4n) is 1.05. The van der Waals surface area contributed by atoms with Crippen molar-refractivity contribution in [2.75, 3.05) is 0 Å². The van der Waals surface area contributed by atoms with Crippen molar-refractivity contribution >= 4 is 7.32 Å². The van der Waals surface area contributed by atoms with Crippen LogP contribution < -0.4 is 5.73 Å². The van der Waals surface area contributed by atoms with Crippen LogP contribution in [0, 0.1) is 0 Å². The molecule has 4 N–H and O–H groups in total. The lowest BCUT2D eigenvalue weighted by Crippen LogP contribution is -2.34. The summed E-state index contributed by atoms with van der Waals surface area (Å²) in [6.07, 6.45) is -0.235. The normalized spacial score (nSPS) is 12.5. The summed E-state index contributed by atoms with van der Waals surface area (Å²) in [6, 6.07) is 9.46. The summed E-state index contributed by atoms with van der Waals surface area (Å²) in [7, 11) is -1.81. The van der Waals surface area contributed by atoms with Gasteiger partial charge in [0.25, 0.3) is 0 Å². The molecule has 70 valence electrons. The lowest BCUT2D eigenvalue weighted by molar-refractivity contribution is 0.122. The summed E-state index contributed by atoms with van der Waals surface area (Å²) in [5.74, 6) is 0. The molecule has 0 fully saturated rings. The Morgan fingerprint density at radius 2 is 1.92 bits per heavy atom. The van der Waals surface area contributed by atoms with Crippen molar-refractivity contribution in [2.24, 2.45) is 5.73 Å². The maximum absolute atomic E-state index is 8.45. The molecule has 1 unspecified atom stereocenters. The van der Waals surface area contributed by atoms with Crippen molar-refractivity contribution in [1.82, 2.24) is 0 Å². The van der Waals surface area contributed by atoms with E-state index in [-0.39, 0.29) is 0 Å². The average Bonchev–Trinajstić information content (AvgIpc) is 2.04. The first-order valence-electron chi connectivity index (χ1n) is 3.99. The van der Waals surface area contributed by atoms with E-state index in [0.29, 0.717) is 6.42 Å². The third-order valence-electron chi connectivity index (χ3n) is 1.58. The number of nitrogens with two attached hydrogens (primary N) is 1. The molecule has 1 aromatic rings. The van der Waals surface area contributed by atoms with Gasteiger partial charge in [0, 0.05) is 6.42 Å². The lowest BCUT2D eigenvalue weighted by Gasteiger charge is -2.11. The lowest BCUT2D eigenvalue weighted by atomic mass is 10.1. The highest BCUT2D eigenvalue weighted by Gasteiger charge is 2.14. The fourth-order valence-corrected chi connectivity index (χ4v) is 1.05. The van der Waals surface area contributed by atoms with Crippen molar-refractivity contribution in [2.45, 2.75) is 12.6 Å². The summed E-state index contributed by atoms with van der Waals surface area (Å²) < 4.78 is 4.54. The van der Waals surface area contributed by atoms with Gasteiger partial charge in [-0.05, 0) is 5.56 Å². The van der Waals surface area contributed by atoms with Crippen molar-refractivity contribution in [3.8, 4) is 0 Å². The monoisotopic (exact) mass is 181 g/mol. The summed E-state index contributed by atoms with van der Waals surface area (Å²) >= 11 is 0. The maximum Gasteiger partial charge on any atom is 0.635 e. The topological polar surface area (TPSA) is 75.7 Å². The Morgan fingerprint density at radius 3 is 2.46 bits per heavy atom. The first-order valence-corrected chi connectivity index (χ1v) is 3.99. The molecule has 0 aliphatic carbocycles. The molecule has 0 heterocycles. The minimum Gasteiger partial charge on any atom is -0.402 e.